The first-order valence-electron chi connectivity index (χ1n) is 14.5. The number of carbonyl (C=O) groups is 3. The molecule has 8 nitrogen and oxygen atoms in total. The van der Waals surface area contributed by atoms with E-state index in [9.17, 15) is 19.5 Å². The number of hydrogen-bond donors (Lipinski definition) is 3. The molecule has 3 fully saturated rings. The summed E-state index contributed by atoms with van der Waals surface area (Å²) in [5, 5.41) is 17.6. The van der Waals surface area contributed by atoms with Gasteiger partial charge in [-0.2, -0.15) is 0 Å². The third kappa shape index (κ3) is 4.50. The molecule has 0 aliphatic carbocycles. The number of benzene rings is 3. The lowest BCUT2D eigenvalue weighted by atomic mass is 9.62. The Morgan fingerprint density at radius 2 is 1.73 bits per heavy atom. The quantitative estimate of drug-likeness (QED) is 0.348. The number of aliphatic hydroxyl groups excluding tert-OH is 1. The Labute approximate surface area is 240 Å². The molecule has 3 heterocycles. The summed E-state index contributed by atoms with van der Waals surface area (Å²) >= 11 is 0. The zero-order chi connectivity index (χ0) is 28.8. The van der Waals surface area contributed by atoms with Crippen molar-refractivity contribution in [3.8, 4) is 0 Å². The summed E-state index contributed by atoms with van der Waals surface area (Å²) in [6, 6.07) is 22.4. The van der Waals surface area contributed by atoms with Crippen LogP contribution < -0.4 is 10.6 Å². The summed E-state index contributed by atoms with van der Waals surface area (Å²) < 4.78 is 6.78. The van der Waals surface area contributed by atoms with Crippen LogP contribution in [0.2, 0.25) is 0 Å². The van der Waals surface area contributed by atoms with Crippen molar-refractivity contribution in [1.82, 2.24) is 10.2 Å². The molecule has 0 aromatic heterocycles. The first kappa shape index (κ1) is 27.4. The van der Waals surface area contributed by atoms with Crippen LogP contribution in [0.15, 0.2) is 72.8 Å². The molecule has 214 valence electrons. The van der Waals surface area contributed by atoms with Crippen molar-refractivity contribution in [1.29, 1.82) is 0 Å². The van der Waals surface area contributed by atoms with Crippen molar-refractivity contribution in [2.45, 2.75) is 56.9 Å². The van der Waals surface area contributed by atoms with E-state index in [1.54, 1.807) is 4.90 Å². The fraction of sp³-hybridized carbons (Fsp3) is 0.424. The van der Waals surface area contributed by atoms with E-state index in [2.05, 4.69) is 10.6 Å². The van der Waals surface area contributed by atoms with E-state index < -0.39 is 29.1 Å². The SMILES string of the molecule is CC1CC23O[C@@]1(C)[C@H](C(=O)NCc1ccccc1)[C@H]2C(=O)N(CCCCO)C3C(=O)Nc1ccc2ccccc2c1. The molecule has 6 rings (SSSR count). The van der Waals surface area contributed by atoms with Crippen LogP contribution in [0.1, 0.15) is 38.7 Å². The zero-order valence-corrected chi connectivity index (χ0v) is 23.5. The van der Waals surface area contributed by atoms with E-state index in [1.165, 1.54) is 0 Å². The summed E-state index contributed by atoms with van der Waals surface area (Å²) in [6.07, 6.45) is 1.56. The van der Waals surface area contributed by atoms with Crippen LogP contribution in [0.5, 0.6) is 0 Å². The van der Waals surface area contributed by atoms with Gasteiger partial charge in [0.05, 0.1) is 17.4 Å². The summed E-state index contributed by atoms with van der Waals surface area (Å²) in [5.74, 6) is -2.29. The number of amides is 3. The van der Waals surface area contributed by atoms with Crippen molar-refractivity contribution in [3.63, 3.8) is 0 Å². The number of aliphatic hydroxyl groups is 1. The van der Waals surface area contributed by atoms with Gasteiger partial charge in [-0.05, 0) is 60.6 Å². The minimum atomic E-state index is -1.11. The highest BCUT2D eigenvalue weighted by molar-refractivity contribution is 6.04. The lowest BCUT2D eigenvalue weighted by Gasteiger charge is -2.36. The smallest absolute Gasteiger partial charge is 0.250 e. The lowest BCUT2D eigenvalue weighted by molar-refractivity contribution is -0.146. The molecular formula is C33H37N3O5. The monoisotopic (exact) mass is 555 g/mol. The van der Waals surface area contributed by atoms with E-state index in [0.29, 0.717) is 38.0 Å². The fourth-order valence-electron chi connectivity index (χ4n) is 7.45. The molecule has 3 amide bonds. The molecule has 2 bridgehead atoms. The summed E-state index contributed by atoms with van der Waals surface area (Å²) in [5.41, 5.74) is -0.381. The third-order valence-electron chi connectivity index (χ3n) is 9.48. The van der Waals surface area contributed by atoms with Crippen molar-refractivity contribution < 1.29 is 24.2 Å². The van der Waals surface area contributed by atoms with Gasteiger partial charge in [0.1, 0.15) is 11.6 Å². The number of fused-ring (bicyclic) bond motifs is 2. The minimum absolute atomic E-state index is 0.000671. The van der Waals surface area contributed by atoms with Gasteiger partial charge in [0.15, 0.2) is 0 Å². The molecule has 0 radical (unpaired) electrons. The van der Waals surface area contributed by atoms with Crippen molar-refractivity contribution in [2.75, 3.05) is 18.5 Å². The maximum Gasteiger partial charge on any atom is 0.250 e. The van der Waals surface area contributed by atoms with Gasteiger partial charge in [0.2, 0.25) is 17.7 Å². The van der Waals surface area contributed by atoms with Gasteiger partial charge in [0, 0.05) is 25.4 Å². The van der Waals surface area contributed by atoms with Gasteiger partial charge in [-0.3, -0.25) is 14.4 Å². The topological polar surface area (TPSA) is 108 Å². The molecule has 3 aliphatic heterocycles. The fourth-order valence-corrected chi connectivity index (χ4v) is 7.45. The molecule has 3 N–H and O–H groups in total. The van der Waals surface area contributed by atoms with Gasteiger partial charge in [0.25, 0.3) is 0 Å². The molecule has 41 heavy (non-hydrogen) atoms. The number of unbranched alkanes of at least 4 members (excludes halogenated alkanes) is 1. The normalized spacial score (nSPS) is 30.0. The van der Waals surface area contributed by atoms with E-state index in [1.807, 2.05) is 86.6 Å². The van der Waals surface area contributed by atoms with E-state index >= 15 is 0 Å². The number of hydrogen-bond acceptors (Lipinski definition) is 5. The molecule has 8 heteroatoms. The number of nitrogens with one attached hydrogen (secondary N) is 2. The second kappa shape index (κ2) is 10.6. The maximum absolute atomic E-state index is 14.2. The summed E-state index contributed by atoms with van der Waals surface area (Å²) in [4.78, 5) is 43.7. The first-order chi connectivity index (χ1) is 19.8. The molecule has 3 unspecified atom stereocenters. The number of rotatable bonds is 9. The van der Waals surface area contributed by atoms with Gasteiger partial charge in [-0.1, -0.05) is 67.6 Å². The highest BCUT2D eigenvalue weighted by Gasteiger charge is 2.79. The Kier molecular flexibility index (Phi) is 7.08. The molecule has 3 saturated heterocycles. The lowest BCUT2D eigenvalue weighted by Crippen LogP contribution is -2.54. The van der Waals surface area contributed by atoms with Crippen LogP contribution in [0.3, 0.4) is 0 Å². The molecule has 3 aromatic carbocycles. The second-order valence-corrected chi connectivity index (χ2v) is 11.9. The van der Waals surface area contributed by atoms with Crippen molar-refractivity contribution in [3.05, 3.63) is 78.4 Å². The molecular weight excluding hydrogens is 518 g/mol. The zero-order valence-electron chi connectivity index (χ0n) is 23.5. The van der Waals surface area contributed by atoms with Crippen LogP contribution >= 0.6 is 0 Å². The number of nitrogens with zero attached hydrogens (tertiary/aromatic N) is 1. The average molecular weight is 556 g/mol. The average Bonchev–Trinajstić information content (AvgIpc) is 3.48. The highest BCUT2D eigenvalue weighted by Crippen LogP contribution is 2.65. The molecule has 3 aromatic rings. The third-order valence-corrected chi connectivity index (χ3v) is 9.48. The molecule has 6 atom stereocenters. The predicted octanol–water partition coefficient (Wildman–Crippen LogP) is 3.88. The number of carbonyl (C=O) groups excluding carboxylic acids is 3. The van der Waals surface area contributed by atoms with Crippen LogP contribution in [0.4, 0.5) is 5.69 Å². The Hall–Kier alpha value is -3.75. The highest BCUT2D eigenvalue weighted by atomic mass is 16.5. The minimum Gasteiger partial charge on any atom is -0.396 e. The van der Waals surface area contributed by atoms with E-state index in [4.69, 9.17) is 4.74 Å². The van der Waals surface area contributed by atoms with Crippen LogP contribution in [-0.4, -0.2) is 58.1 Å². The Balaban J connectivity index is 1.32. The molecule has 3 aliphatic rings. The van der Waals surface area contributed by atoms with Crippen LogP contribution in [0, 0.1) is 17.8 Å². The van der Waals surface area contributed by atoms with Gasteiger partial charge in [-0.15, -0.1) is 0 Å². The van der Waals surface area contributed by atoms with Crippen molar-refractivity contribution in [2.24, 2.45) is 17.8 Å². The van der Waals surface area contributed by atoms with Crippen LogP contribution in [0.25, 0.3) is 10.8 Å². The predicted molar refractivity (Wildman–Crippen MR) is 156 cm³/mol. The number of likely N-dealkylation sites (tertiary alicyclic amines) is 1. The van der Waals surface area contributed by atoms with Crippen molar-refractivity contribution >= 4 is 34.2 Å². The number of ether oxygens (including phenoxy) is 1. The van der Waals surface area contributed by atoms with E-state index in [-0.39, 0.29) is 30.2 Å². The molecule has 1 spiro atoms. The Bertz CT molecular complexity index is 1480. The van der Waals surface area contributed by atoms with Crippen LogP contribution in [-0.2, 0) is 25.7 Å². The Morgan fingerprint density at radius 1 is 1.00 bits per heavy atom. The van der Waals surface area contributed by atoms with E-state index in [0.717, 1.165) is 16.3 Å². The second-order valence-electron chi connectivity index (χ2n) is 11.9. The van der Waals surface area contributed by atoms with Gasteiger partial charge in [-0.25, -0.2) is 0 Å². The summed E-state index contributed by atoms with van der Waals surface area (Å²) in [7, 11) is 0. The largest absolute Gasteiger partial charge is 0.396 e. The Morgan fingerprint density at radius 3 is 2.49 bits per heavy atom. The first-order valence-corrected chi connectivity index (χ1v) is 14.5. The standard InChI is InChI=1S/C33H37N3O5/c1-21-19-33-27(26(32(21,2)41-33)29(38)34-20-22-10-4-3-5-11-22)31(40)36(16-8-9-17-37)28(33)30(39)35-25-15-14-23-12-6-7-13-24(23)18-25/h3-7,10-15,18,21,26-28,37H,8-9,16-17,19-20H2,1-2H3,(H,34,38)(H,35,39)/t21?,26-,27-,28?,32+,33?/m0/s1. The molecule has 0 saturated carbocycles. The number of anilines is 1. The van der Waals surface area contributed by atoms with Gasteiger partial charge >= 0.3 is 0 Å². The summed E-state index contributed by atoms with van der Waals surface area (Å²) in [6.45, 7) is 4.61. The maximum atomic E-state index is 14.2. The van der Waals surface area contributed by atoms with Gasteiger partial charge < -0.3 is 25.4 Å².